The average Bonchev–Trinajstić information content (AvgIpc) is 3.02. The molecule has 0 aliphatic rings. The second-order valence-electron chi connectivity index (χ2n) is 6.78. The Hall–Kier alpha value is -3.00. The van der Waals surface area contributed by atoms with Crippen molar-refractivity contribution in [2.24, 2.45) is 0 Å². The van der Waals surface area contributed by atoms with Crippen molar-refractivity contribution in [1.29, 1.82) is 0 Å². The second kappa shape index (κ2) is 7.93. The molecule has 7 nitrogen and oxygen atoms in total. The monoisotopic (exact) mass is 397 g/mol. The van der Waals surface area contributed by atoms with Crippen LogP contribution in [-0.2, 0) is 0 Å². The van der Waals surface area contributed by atoms with Gasteiger partial charge in [-0.15, -0.1) is 16.4 Å². The predicted molar refractivity (Wildman–Crippen MR) is 112 cm³/mol. The summed E-state index contributed by atoms with van der Waals surface area (Å²) in [6.45, 7) is 6.47. The van der Waals surface area contributed by atoms with Gasteiger partial charge in [-0.05, 0) is 38.5 Å². The first kappa shape index (κ1) is 19.8. The van der Waals surface area contributed by atoms with Crippen LogP contribution >= 0.6 is 11.3 Å². The molecule has 0 fully saturated rings. The minimum absolute atomic E-state index is 0.0861. The zero-order valence-electron chi connectivity index (χ0n) is 16.4. The molecule has 0 aliphatic carbocycles. The zero-order chi connectivity index (χ0) is 20.4. The van der Waals surface area contributed by atoms with Crippen molar-refractivity contribution < 1.29 is 9.59 Å². The Morgan fingerprint density at radius 3 is 2.50 bits per heavy atom. The molecule has 8 heteroatoms. The number of nitrogen functional groups attached to an aromatic ring is 1. The maximum absolute atomic E-state index is 12.6. The number of anilines is 1. The first-order valence-electron chi connectivity index (χ1n) is 8.91. The lowest BCUT2D eigenvalue weighted by Crippen LogP contribution is -2.36. The van der Waals surface area contributed by atoms with E-state index in [1.54, 1.807) is 24.1 Å². The highest BCUT2D eigenvalue weighted by molar-refractivity contribution is 7.21. The van der Waals surface area contributed by atoms with E-state index in [9.17, 15) is 9.59 Å². The van der Waals surface area contributed by atoms with Gasteiger partial charge in [-0.2, -0.15) is 5.10 Å². The Balaban J connectivity index is 1.63. The van der Waals surface area contributed by atoms with Crippen LogP contribution in [0.2, 0.25) is 0 Å². The van der Waals surface area contributed by atoms with Gasteiger partial charge in [0.05, 0.1) is 11.4 Å². The molecule has 0 unspecified atom stereocenters. The first-order chi connectivity index (χ1) is 13.3. The van der Waals surface area contributed by atoms with Crippen LogP contribution in [0.15, 0.2) is 24.3 Å². The van der Waals surface area contributed by atoms with Gasteiger partial charge in [-0.1, -0.05) is 17.7 Å². The topological polar surface area (TPSA) is 101 Å². The van der Waals surface area contributed by atoms with Gasteiger partial charge in [0, 0.05) is 31.1 Å². The molecule has 0 atom stereocenters. The fraction of sp³-hybridized carbons (Fsp3) is 0.300. The van der Waals surface area contributed by atoms with Gasteiger partial charge in [0.25, 0.3) is 11.8 Å². The van der Waals surface area contributed by atoms with Crippen LogP contribution in [0, 0.1) is 20.8 Å². The summed E-state index contributed by atoms with van der Waals surface area (Å²) in [5.74, 6) is -0.356. The molecule has 1 aromatic carbocycles. The number of rotatable bonds is 5. The lowest BCUT2D eigenvalue weighted by atomic mass is 10.1. The predicted octanol–water partition coefficient (Wildman–Crippen LogP) is 2.70. The van der Waals surface area contributed by atoms with E-state index in [1.807, 2.05) is 32.9 Å². The molecule has 0 saturated carbocycles. The fourth-order valence-electron chi connectivity index (χ4n) is 2.84. The Labute approximate surface area is 167 Å². The standard InChI is InChI=1S/C20H23N5O2S/c1-11-5-7-14(8-6-11)20(27)25(4)10-9-22-18(26)17-16(21)15-12(2)13(3)23-24-19(15)28-17/h5-8H,9-10,21H2,1-4H3,(H,22,26). The van der Waals surface area contributed by atoms with E-state index >= 15 is 0 Å². The summed E-state index contributed by atoms with van der Waals surface area (Å²) in [5, 5.41) is 11.8. The smallest absolute Gasteiger partial charge is 0.263 e. The molecule has 3 rings (SSSR count). The highest BCUT2D eigenvalue weighted by Gasteiger charge is 2.20. The van der Waals surface area contributed by atoms with Gasteiger partial charge in [0.2, 0.25) is 0 Å². The first-order valence-corrected chi connectivity index (χ1v) is 9.73. The number of thiophene rings is 1. The van der Waals surface area contributed by atoms with Crippen molar-refractivity contribution in [2.45, 2.75) is 20.8 Å². The second-order valence-corrected chi connectivity index (χ2v) is 7.78. The Bertz CT molecular complexity index is 1040. The molecule has 0 radical (unpaired) electrons. The summed E-state index contributed by atoms with van der Waals surface area (Å²) in [7, 11) is 1.71. The normalized spacial score (nSPS) is 10.9. The molecule has 3 N–H and O–H groups in total. The number of likely N-dealkylation sites (N-methyl/N-ethyl adjacent to an activating group) is 1. The maximum atomic E-state index is 12.6. The SMILES string of the molecule is Cc1ccc(C(=O)N(C)CCNC(=O)c2sc3nnc(C)c(C)c3c2N)cc1. The third-order valence-electron chi connectivity index (χ3n) is 4.72. The van der Waals surface area contributed by atoms with E-state index in [2.05, 4.69) is 15.5 Å². The van der Waals surface area contributed by atoms with Gasteiger partial charge >= 0.3 is 0 Å². The van der Waals surface area contributed by atoms with E-state index in [4.69, 9.17) is 5.73 Å². The number of aryl methyl sites for hydroxylation is 3. The quantitative estimate of drug-likeness (QED) is 0.689. The van der Waals surface area contributed by atoms with Crippen LogP contribution in [0.5, 0.6) is 0 Å². The highest BCUT2D eigenvalue weighted by atomic mass is 32.1. The zero-order valence-corrected chi connectivity index (χ0v) is 17.2. The van der Waals surface area contributed by atoms with E-state index < -0.39 is 0 Å². The molecule has 0 spiro atoms. The number of fused-ring (bicyclic) bond motifs is 1. The molecule has 2 aromatic heterocycles. The highest BCUT2D eigenvalue weighted by Crippen LogP contribution is 2.34. The van der Waals surface area contributed by atoms with Gasteiger partial charge < -0.3 is 16.0 Å². The van der Waals surface area contributed by atoms with Gasteiger partial charge in [0.1, 0.15) is 9.71 Å². The Kier molecular flexibility index (Phi) is 5.60. The number of nitrogens with one attached hydrogen (secondary N) is 1. The molecule has 2 amide bonds. The van der Waals surface area contributed by atoms with Crippen LogP contribution < -0.4 is 11.1 Å². The lowest BCUT2D eigenvalue weighted by molar-refractivity contribution is 0.0787. The number of amides is 2. The number of carbonyl (C=O) groups is 2. The van der Waals surface area contributed by atoms with Gasteiger partial charge in [0.15, 0.2) is 0 Å². The van der Waals surface area contributed by atoms with Crippen molar-refractivity contribution in [1.82, 2.24) is 20.4 Å². The number of hydrogen-bond acceptors (Lipinski definition) is 6. The van der Waals surface area contributed by atoms with Crippen LogP contribution in [0.25, 0.3) is 10.2 Å². The summed E-state index contributed by atoms with van der Waals surface area (Å²) in [5.41, 5.74) is 10.1. The Morgan fingerprint density at radius 1 is 1.14 bits per heavy atom. The van der Waals surface area contributed by atoms with Crippen LogP contribution in [-0.4, -0.2) is 47.0 Å². The van der Waals surface area contributed by atoms with E-state index in [0.29, 0.717) is 34.0 Å². The van der Waals surface area contributed by atoms with E-state index in [-0.39, 0.29) is 11.8 Å². The van der Waals surface area contributed by atoms with Crippen LogP contribution in [0.1, 0.15) is 36.9 Å². The Morgan fingerprint density at radius 2 is 1.82 bits per heavy atom. The summed E-state index contributed by atoms with van der Waals surface area (Å²) in [6.07, 6.45) is 0. The molecule has 0 bridgehead atoms. The van der Waals surface area contributed by atoms with Crippen molar-refractivity contribution in [3.63, 3.8) is 0 Å². The largest absolute Gasteiger partial charge is 0.397 e. The average molecular weight is 398 g/mol. The van der Waals surface area contributed by atoms with Crippen molar-refractivity contribution >= 4 is 39.1 Å². The molecule has 28 heavy (non-hydrogen) atoms. The maximum Gasteiger partial charge on any atom is 0.263 e. The molecular formula is C20H23N5O2S. The number of benzene rings is 1. The van der Waals surface area contributed by atoms with Crippen molar-refractivity contribution in [2.75, 3.05) is 25.9 Å². The third-order valence-corrected chi connectivity index (χ3v) is 5.81. The fourth-order valence-corrected chi connectivity index (χ4v) is 3.86. The van der Waals surface area contributed by atoms with Gasteiger partial charge in [-0.25, -0.2) is 0 Å². The molecular weight excluding hydrogens is 374 g/mol. The number of carbonyl (C=O) groups excluding carboxylic acids is 2. The van der Waals surface area contributed by atoms with E-state index in [1.165, 1.54) is 11.3 Å². The lowest BCUT2D eigenvalue weighted by Gasteiger charge is -2.17. The minimum Gasteiger partial charge on any atom is -0.397 e. The molecule has 2 heterocycles. The number of nitrogens with two attached hydrogens (primary N) is 1. The summed E-state index contributed by atoms with van der Waals surface area (Å²) in [6, 6.07) is 7.41. The summed E-state index contributed by atoms with van der Waals surface area (Å²) in [4.78, 5) is 27.6. The molecule has 3 aromatic rings. The molecule has 0 saturated heterocycles. The van der Waals surface area contributed by atoms with Crippen molar-refractivity contribution in [3.05, 3.63) is 51.5 Å². The van der Waals surface area contributed by atoms with Crippen molar-refractivity contribution in [3.8, 4) is 0 Å². The minimum atomic E-state index is -0.270. The molecule has 0 aliphatic heterocycles. The number of nitrogens with zero attached hydrogens (tertiary/aromatic N) is 3. The van der Waals surface area contributed by atoms with E-state index in [0.717, 1.165) is 22.2 Å². The summed E-state index contributed by atoms with van der Waals surface area (Å²) < 4.78 is 0. The summed E-state index contributed by atoms with van der Waals surface area (Å²) >= 11 is 1.23. The number of hydrogen-bond donors (Lipinski definition) is 2. The van der Waals surface area contributed by atoms with Crippen LogP contribution in [0.4, 0.5) is 5.69 Å². The van der Waals surface area contributed by atoms with Gasteiger partial charge in [-0.3, -0.25) is 9.59 Å². The number of aromatic nitrogens is 2. The van der Waals surface area contributed by atoms with Crippen LogP contribution in [0.3, 0.4) is 0 Å². The molecule has 146 valence electrons. The third kappa shape index (κ3) is 3.82.